The third-order valence-corrected chi connectivity index (χ3v) is 3.02. The summed E-state index contributed by atoms with van der Waals surface area (Å²) in [6, 6.07) is 7.73. The average Bonchev–Trinajstić information content (AvgIpc) is 2.46. The summed E-state index contributed by atoms with van der Waals surface area (Å²) >= 11 is 0. The molecule has 1 aromatic carbocycles. The Hall–Kier alpha value is -2.06. The van der Waals surface area contributed by atoms with Gasteiger partial charge in [0.25, 0.3) is 5.91 Å². The van der Waals surface area contributed by atoms with Crippen LogP contribution in [0.25, 0.3) is 0 Å². The van der Waals surface area contributed by atoms with Crippen LogP contribution in [0.1, 0.15) is 22.3 Å². The number of nitrogens with one attached hydrogen (secondary N) is 1. The zero-order chi connectivity index (χ0) is 15.0. The lowest BCUT2D eigenvalue weighted by molar-refractivity contribution is 0.0701. The zero-order valence-electron chi connectivity index (χ0n) is 12.3. The first-order valence-electron chi connectivity index (χ1n) is 6.57. The van der Waals surface area contributed by atoms with Gasteiger partial charge in [-0.25, -0.2) is 0 Å². The molecule has 0 aliphatic rings. The minimum absolute atomic E-state index is 0.0818. The van der Waals surface area contributed by atoms with E-state index in [2.05, 4.69) is 11.4 Å². The van der Waals surface area contributed by atoms with Crippen molar-refractivity contribution in [3.8, 4) is 6.07 Å². The highest BCUT2D eigenvalue weighted by atomic mass is 16.5. The fourth-order valence-corrected chi connectivity index (χ4v) is 1.92. The molecule has 0 radical (unpaired) electrons. The fourth-order valence-electron chi connectivity index (χ4n) is 1.92. The minimum Gasteiger partial charge on any atom is -0.387 e. The number of aryl methyl sites for hydroxylation is 1. The molecular formula is C15H21N3O2. The van der Waals surface area contributed by atoms with Gasteiger partial charge in [0.1, 0.15) is 0 Å². The molecule has 5 nitrogen and oxygen atoms in total. The molecule has 0 fully saturated rings. The third-order valence-electron chi connectivity index (χ3n) is 3.02. The molecule has 0 bridgehead atoms. The number of hydrogen-bond donors (Lipinski definition) is 1. The third kappa shape index (κ3) is 4.25. The Morgan fingerprint density at radius 2 is 2.20 bits per heavy atom. The van der Waals surface area contributed by atoms with Gasteiger partial charge < -0.3 is 15.0 Å². The molecule has 0 unspecified atom stereocenters. The van der Waals surface area contributed by atoms with E-state index >= 15 is 0 Å². The van der Waals surface area contributed by atoms with E-state index in [0.717, 1.165) is 11.3 Å². The van der Waals surface area contributed by atoms with Crippen molar-refractivity contribution in [1.82, 2.24) is 4.90 Å². The number of rotatable bonds is 7. The molecule has 108 valence electrons. The SMILES string of the molecule is CNc1cc(C)ccc1C(=O)N(CCC#N)CCOC. The Labute approximate surface area is 120 Å². The van der Waals surface area contributed by atoms with Crippen LogP contribution in [0, 0.1) is 18.3 Å². The number of hydrogen-bond acceptors (Lipinski definition) is 4. The van der Waals surface area contributed by atoms with Gasteiger partial charge in [0.2, 0.25) is 0 Å². The smallest absolute Gasteiger partial charge is 0.256 e. The van der Waals surface area contributed by atoms with Crippen molar-refractivity contribution >= 4 is 11.6 Å². The molecule has 0 heterocycles. The van der Waals surface area contributed by atoms with E-state index in [4.69, 9.17) is 10.00 Å². The zero-order valence-corrected chi connectivity index (χ0v) is 12.3. The molecule has 0 atom stereocenters. The van der Waals surface area contributed by atoms with E-state index in [1.165, 1.54) is 0 Å². The lowest BCUT2D eigenvalue weighted by Gasteiger charge is -2.22. The Balaban J connectivity index is 2.95. The van der Waals surface area contributed by atoms with E-state index in [1.807, 2.05) is 25.1 Å². The van der Waals surface area contributed by atoms with Gasteiger partial charge in [-0.15, -0.1) is 0 Å². The first-order chi connectivity index (χ1) is 9.63. The molecule has 0 saturated heterocycles. The number of nitriles is 1. The van der Waals surface area contributed by atoms with Crippen LogP contribution < -0.4 is 5.32 Å². The quantitative estimate of drug-likeness (QED) is 0.827. The summed E-state index contributed by atoms with van der Waals surface area (Å²) in [6.45, 7) is 3.33. The Kier molecular flexibility index (Phi) is 6.54. The lowest BCUT2D eigenvalue weighted by Crippen LogP contribution is -2.35. The maximum atomic E-state index is 12.6. The second-order valence-corrected chi connectivity index (χ2v) is 4.49. The average molecular weight is 275 g/mol. The van der Waals surface area contributed by atoms with Crippen LogP contribution in [0.3, 0.4) is 0 Å². The number of nitrogens with zero attached hydrogens (tertiary/aromatic N) is 2. The molecule has 20 heavy (non-hydrogen) atoms. The van der Waals surface area contributed by atoms with Crippen molar-refractivity contribution in [3.05, 3.63) is 29.3 Å². The van der Waals surface area contributed by atoms with Crippen LogP contribution in [-0.2, 0) is 4.74 Å². The Morgan fingerprint density at radius 1 is 1.45 bits per heavy atom. The first-order valence-corrected chi connectivity index (χ1v) is 6.57. The van der Waals surface area contributed by atoms with Gasteiger partial charge in [0, 0.05) is 32.9 Å². The number of benzene rings is 1. The predicted molar refractivity (Wildman–Crippen MR) is 78.7 cm³/mol. The monoisotopic (exact) mass is 275 g/mol. The standard InChI is InChI=1S/C15H21N3O2/c1-12-5-6-13(14(11-12)17-2)15(19)18(8-4-7-16)9-10-20-3/h5-6,11,17H,4,8-10H2,1-3H3. The summed E-state index contributed by atoms with van der Waals surface area (Å²) in [5.41, 5.74) is 2.51. The van der Waals surface area contributed by atoms with Gasteiger partial charge in [0.15, 0.2) is 0 Å². The predicted octanol–water partition coefficient (Wildman–Crippen LogP) is 2.04. The van der Waals surface area contributed by atoms with Crippen LogP contribution in [-0.4, -0.2) is 44.7 Å². The second-order valence-electron chi connectivity index (χ2n) is 4.49. The van der Waals surface area contributed by atoms with Crippen molar-refractivity contribution < 1.29 is 9.53 Å². The maximum absolute atomic E-state index is 12.6. The minimum atomic E-state index is -0.0818. The molecule has 0 saturated carbocycles. The van der Waals surface area contributed by atoms with Gasteiger partial charge in [-0.1, -0.05) is 6.07 Å². The number of anilines is 1. The van der Waals surface area contributed by atoms with E-state index < -0.39 is 0 Å². The van der Waals surface area contributed by atoms with Gasteiger partial charge in [-0.3, -0.25) is 4.79 Å². The van der Waals surface area contributed by atoms with Crippen LogP contribution in [0.5, 0.6) is 0 Å². The van der Waals surface area contributed by atoms with Crippen molar-refractivity contribution in [3.63, 3.8) is 0 Å². The van der Waals surface area contributed by atoms with E-state index in [0.29, 0.717) is 31.7 Å². The Bertz CT molecular complexity index is 494. The normalized spacial score (nSPS) is 9.90. The number of carbonyl (C=O) groups is 1. The highest BCUT2D eigenvalue weighted by Crippen LogP contribution is 2.19. The van der Waals surface area contributed by atoms with Gasteiger partial charge >= 0.3 is 0 Å². The molecular weight excluding hydrogens is 254 g/mol. The van der Waals surface area contributed by atoms with Crippen LogP contribution >= 0.6 is 0 Å². The number of amides is 1. The van der Waals surface area contributed by atoms with Crippen LogP contribution in [0.2, 0.25) is 0 Å². The summed E-state index contributed by atoms with van der Waals surface area (Å²) in [4.78, 5) is 14.2. The lowest BCUT2D eigenvalue weighted by atomic mass is 10.1. The summed E-state index contributed by atoms with van der Waals surface area (Å²) in [5.74, 6) is -0.0818. The highest BCUT2D eigenvalue weighted by molar-refractivity contribution is 5.99. The Morgan fingerprint density at radius 3 is 2.80 bits per heavy atom. The summed E-state index contributed by atoms with van der Waals surface area (Å²) in [5, 5.41) is 11.7. The van der Waals surface area contributed by atoms with Gasteiger partial charge in [0.05, 0.1) is 24.7 Å². The largest absolute Gasteiger partial charge is 0.387 e. The first kappa shape index (κ1) is 16.0. The molecule has 1 amide bonds. The van der Waals surface area contributed by atoms with Crippen molar-refractivity contribution in [1.29, 1.82) is 5.26 Å². The van der Waals surface area contributed by atoms with Crippen LogP contribution in [0.4, 0.5) is 5.69 Å². The van der Waals surface area contributed by atoms with E-state index in [-0.39, 0.29) is 5.91 Å². The summed E-state index contributed by atoms with van der Waals surface area (Å²) in [6.07, 6.45) is 0.316. The van der Waals surface area contributed by atoms with Gasteiger partial charge in [-0.05, 0) is 24.6 Å². The van der Waals surface area contributed by atoms with Crippen LogP contribution in [0.15, 0.2) is 18.2 Å². The molecule has 0 aliphatic heterocycles. The van der Waals surface area contributed by atoms with Crippen molar-refractivity contribution in [2.75, 3.05) is 39.2 Å². The maximum Gasteiger partial charge on any atom is 0.256 e. The topological polar surface area (TPSA) is 65.4 Å². The number of methoxy groups -OCH3 is 1. The van der Waals surface area contributed by atoms with Gasteiger partial charge in [-0.2, -0.15) is 5.26 Å². The fraction of sp³-hybridized carbons (Fsp3) is 0.467. The number of ether oxygens (including phenoxy) is 1. The summed E-state index contributed by atoms with van der Waals surface area (Å²) in [7, 11) is 3.39. The molecule has 1 aromatic rings. The van der Waals surface area contributed by atoms with E-state index in [9.17, 15) is 4.79 Å². The molecule has 0 spiro atoms. The second kappa shape index (κ2) is 8.18. The molecule has 1 rings (SSSR count). The summed E-state index contributed by atoms with van der Waals surface area (Å²) < 4.78 is 5.02. The van der Waals surface area contributed by atoms with E-state index in [1.54, 1.807) is 19.1 Å². The molecule has 1 N–H and O–H groups in total. The number of carbonyl (C=O) groups excluding carboxylic acids is 1. The highest BCUT2D eigenvalue weighted by Gasteiger charge is 2.18. The van der Waals surface area contributed by atoms with Crippen molar-refractivity contribution in [2.45, 2.75) is 13.3 Å². The molecule has 5 heteroatoms. The molecule has 0 aromatic heterocycles. The molecule has 0 aliphatic carbocycles. The van der Waals surface area contributed by atoms with Crippen molar-refractivity contribution in [2.24, 2.45) is 0 Å².